The molecule has 7 nitrogen and oxygen atoms in total. The lowest BCUT2D eigenvalue weighted by Crippen LogP contribution is -3.14. The van der Waals surface area contributed by atoms with E-state index >= 15 is 0 Å². The van der Waals surface area contributed by atoms with Gasteiger partial charge in [0.25, 0.3) is 11.8 Å². The van der Waals surface area contributed by atoms with Crippen molar-refractivity contribution in [1.29, 1.82) is 0 Å². The van der Waals surface area contributed by atoms with Crippen LogP contribution in [-0.4, -0.2) is 40.7 Å². The van der Waals surface area contributed by atoms with Crippen LogP contribution in [-0.2, 0) is 11.3 Å². The minimum atomic E-state index is 0.237. The summed E-state index contributed by atoms with van der Waals surface area (Å²) < 4.78 is 17.1. The highest BCUT2D eigenvalue weighted by atomic mass is 16.5. The molecule has 26 heavy (non-hydrogen) atoms. The molecule has 2 aromatic heterocycles. The first kappa shape index (κ1) is 16.9. The van der Waals surface area contributed by atoms with Gasteiger partial charge >= 0.3 is 0 Å². The zero-order chi connectivity index (χ0) is 18.1. The molecule has 0 unspecified atom stereocenters. The lowest BCUT2D eigenvalue weighted by atomic mass is 10.1. The largest absolute Gasteiger partial charge is 0.415 e. The summed E-state index contributed by atoms with van der Waals surface area (Å²) in [6.07, 6.45) is 0.474. The number of morpholine rings is 1. The van der Waals surface area contributed by atoms with E-state index in [9.17, 15) is 0 Å². The molecule has 1 saturated heterocycles. The van der Waals surface area contributed by atoms with E-state index in [1.165, 1.54) is 4.90 Å². The molecule has 7 heteroatoms. The molecular formula is C19H23N4O3+. The Labute approximate surface area is 152 Å². The maximum Gasteiger partial charge on any atom is 0.271 e. The molecule has 1 N–H and O–H groups in total. The van der Waals surface area contributed by atoms with Crippen LogP contribution in [0.1, 0.15) is 25.5 Å². The topological polar surface area (TPSA) is 78.6 Å². The lowest BCUT2D eigenvalue weighted by molar-refractivity contribution is -0.929. The molecule has 4 rings (SSSR count). The number of quaternary nitrogens is 1. The smallest absolute Gasteiger partial charge is 0.271 e. The number of hydrogen-bond acceptors (Lipinski definition) is 6. The van der Waals surface area contributed by atoms with Crippen LogP contribution in [0.3, 0.4) is 0 Å². The number of benzene rings is 1. The monoisotopic (exact) mass is 355 g/mol. The number of aryl methyl sites for hydroxylation is 1. The molecule has 1 aliphatic heterocycles. The first-order valence-electron chi connectivity index (χ1n) is 8.93. The minimum absolute atomic E-state index is 0.237. The number of nitrogens with one attached hydrogen (secondary N) is 1. The number of hydrogen-bond donors (Lipinski definition) is 1. The fraction of sp³-hybridized carbons (Fsp3) is 0.421. The first-order valence-corrected chi connectivity index (χ1v) is 8.93. The average Bonchev–Trinajstić information content (AvgIpc) is 3.21. The van der Waals surface area contributed by atoms with Crippen LogP contribution in [0.2, 0.25) is 0 Å². The molecule has 1 aromatic carbocycles. The third-order valence-electron chi connectivity index (χ3n) is 4.61. The molecule has 0 aliphatic carbocycles. The minimum Gasteiger partial charge on any atom is -0.415 e. The summed E-state index contributed by atoms with van der Waals surface area (Å²) in [6, 6.07) is 9.87. The van der Waals surface area contributed by atoms with E-state index in [0.29, 0.717) is 24.1 Å². The van der Waals surface area contributed by atoms with Crippen LogP contribution in [0.5, 0.6) is 0 Å². The van der Waals surface area contributed by atoms with Gasteiger partial charge in [0.15, 0.2) is 6.54 Å². The Morgan fingerprint density at radius 3 is 2.54 bits per heavy atom. The van der Waals surface area contributed by atoms with Crippen molar-refractivity contribution in [1.82, 2.24) is 15.4 Å². The number of aromatic nitrogens is 3. The van der Waals surface area contributed by atoms with Crippen LogP contribution in [0.4, 0.5) is 0 Å². The highest BCUT2D eigenvalue weighted by Crippen LogP contribution is 2.33. The maximum absolute atomic E-state index is 5.96. The standard InChI is InChI=1S/C19H22N4O3/c1-12-9-23(10-13(2)24-12)11-16-20-21-19(25-16)17-14(3)26-22-18(17)15-7-5-4-6-8-15/h4-8,12-13H,9-11H2,1-3H3/p+1/t12-,13-/m0/s1. The average molecular weight is 355 g/mol. The van der Waals surface area contributed by atoms with Crippen LogP contribution >= 0.6 is 0 Å². The van der Waals surface area contributed by atoms with Crippen molar-refractivity contribution in [3.63, 3.8) is 0 Å². The quantitative estimate of drug-likeness (QED) is 0.770. The van der Waals surface area contributed by atoms with Gasteiger partial charge in [-0.05, 0) is 20.8 Å². The van der Waals surface area contributed by atoms with E-state index in [2.05, 4.69) is 29.2 Å². The highest BCUT2D eigenvalue weighted by Gasteiger charge is 2.28. The van der Waals surface area contributed by atoms with Crippen molar-refractivity contribution in [2.45, 2.75) is 39.5 Å². The normalized spacial score (nSPS) is 23.3. The molecular weight excluding hydrogens is 332 g/mol. The van der Waals surface area contributed by atoms with E-state index in [1.807, 2.05) is 37.3 Å². The van der Waals surface area contributed by atoms with Crippen molar-refractivity contribution in [2.75, 3.05) is 13.1 Å². The van der Waals surface area contributed by atoms with E-state index in [1.54, 1.807) is 0 Å². The van der Waals surface area contributed by atoms with Gasteiger partial charge in [-0.1, -0.05) is 35.5 Å². The number of nitrogens with zero attached hydrogens (tertiary/aromatic N) is 3. The predicted octanol–water partition coefficient (Wildman–Crippen LogP) is 1.89. The molecule has 0 bridgehead atoms. The van der Waals surface area contributed by atoms with Gasteiger partial charge < -0.3 is 18.6 Å². The Morgan fingerprint density at radius 2 is 1.81 bits per heavy atom. The Bertz CT molecular complexity index is 864. The summed E-state index contributed by atoms with van der Waals surface area (Å²) >= 11 is 0. The van der Waals surface area contributed by atoms with Crippen LogP contribution < -0.4 is 4.90 Å². The summed E-state index contributed by atoms with van der Waals surface area (Å²) in [5.41, 5.74) is 2.44. The van der Waals surface area contributed by atoms with Crippen molar-refractivity contribution < 1.29 is 18.6 Å². The predicted molar refractivity (Wildman–Crippen MR) is 94.4 cm³/mol. The fourth-order valence-electron chi connectivity index (χ4n) is 3.59. The van der Waals surface area contributed by atoms with Gasteiger partial charge in [0.1, 0.15) is 42.3 Å². The second-order valence-corrected chi connectivity index (χ2v) is 6.92. The first-order chi connectivity index (χ1) is 12.6. The van der Waals surface area contributed by atoms with Crippen molar-refractivity contribution >= 4 is 0 Å². The van der Waals surface area contributed by atoms with E-state index in [0.717, 1.165) is 29.9 Å². The van der Waals surface area contributed by atoms with Gasteiger partial charge in [0, 0.05) is 5.56 Å². The van der Waals surface area contributed by atoms with Gasteiger partial charge in [-0.15, -0.1) is 10.2 Å². The summed E-state index contributed by atoms with van der Waals surface area (Å²) in [5, 5.41) is 12.7. The summed E-state index contributed by atoms with van der Waals surface area (Å²) in [5.74, 6) is 1.74. The Balaban J connectivity index is 1.58. The van der Waals surface area contributed by atoms with Crippen molar-refractivity contribution in [3.05, 3.63) is 42.0 Å². The molecule has 136 valence electrons. The van der Waals surface area contributed by atoms with E-state index in [4.69, 9.17) is 13.7 Å². The molecule has 2 atom stereocenters. The van der Waals surface area contributed by atoms with Crippen molar-refractivity contribution in [3.8, 4) is 22.7 Å². The van der Waals surface area contributed by atoms with Gasteiger partial charge in [-0.2, -0.15) is 0 Å². The van der Waals surface area contributed by atoms with Gasteiger partial charge in [0.2, 0.25) is 0 Å². The number of rotatable bonds is 4. The van der Waals surface area contributed by atoms with Gasteiger partial charge in [-0.25, -0.2) is 0 Å². The summed E-state index contributed by atoms with van der Waals surface area (Å²) in [6.45, 7) is 8.61. The molecule has 0 spiro atoms. The van der Waals surface area contributed by atoms with Crippen LogP contribution in [0, 0.1) is 6.92 Å². The molecule has 0 radical (unpaired) electrons. The maximum atomic E-state index is 5.96. The Kier molecular flexibility index (Phi) is 4.57. The molecule has 1 aliphatic rings. The highest BCUT2D eigenvalue weighted by molar-refractivity contribution is 5.77. The van der Waals surface area contributed by atoms with Gasteiger partial charge in [-0.3, -0.25) is 0 Å². The zero-order valence-corrected chi connectivity index (χ0v) is 15.2. The van der Waals surface area contributed by atoms with Crippen LogP contribution in [0.15, 0.2) is 39.3 Å². The molecule has 3 aromatic rings. The van der Waals surface area contributed by atoms with Gasteiger partial charge in [0.05, 0.1) is 0 Å². The zero-order valence-electron chi connectivity index (χ0n) is 15.2. The summed E-state index contributed by atoms with van der Waals surface area (Å²) in [4.78, 5) is 1.39. The number of ether oxygens (including phenoxy) is 1. The third-order valence-corrected chi connectivity index (χ3v) is 4.61. The Hall–Kier alpha value is -2.51. The second-order valence-electron chi connectivity index (χ2n) is 6.92. The SMILES string of the molecule is Cc1onc(-c2ccccc2)c1-c1nnc(C[NH+]2C[C@H](C)O[C@@H](C)C2)o1. The molecule has 0 amide bonds. The Morgan fingerprint density at radius 1 is 1.08 bits per heavy atom. The lowest BCUT2D eigenvalue weighted by Gasteiger charge is -2.31. The molecule has 1 fully saturated rings. The van der Waals surface area contributed by atoms with Crippen molar-refractivity contribution in [2.24, 2.45) is 0 Å². The third kappa shape index (κ3) is 3.40. The molecule has 3 heterocycles. The molecule has 0 saturated carbocycles. The van der Waals surface area contributed by atoms with Crippen LogP contribution in [0.25, 0.3) is 22.7 Å². The van der Waals surface area contributed by atoms with E-state index < -0.39 is 0 Å². The van der Waals surface area contributed by atoms with E-state index in [-0.39, 0.29) is 12.2 Å². The fourth-order valence-corrected chi connectivity index (χ4v) is 3.59. The second kappa shape index (κ2) is 7.01. The summed E-state index contributed by atoms with van der Waals surface area (Å²) in [7, 11) is 0.